The van der Waals surface area contributed by atoms with Crippen molar-refractivity contribution in [2.75, 3.05) is 18.6 Å². The summed E-state index contributed by atoms with van der Waals surface area (Å²) >= 11 is 0. The Labute approximate surface area is 153 Å². The molecular formula is C18H23N3O4S. The standard InChI is InChI=1S/C18H23N3O4S/c1-12-17(13(2)21(20-12)15-8-9-26(23,24)11-15)18(22)19-10-14-4-6-16(25-3)7-5-14/h4-7,15H,8-11H2,1-3H3,(H,19,22)/t15-/m0/s1. The first-order valence-corrected chi connectivity index (χ1v) is 10.3. The van der Waals surface area contributed by atoms with Gasteiger partial charge in [-0.1, -0.05) is 12.1 Å². The summed E-state index contributed by atoms with van der Waals surface area (Å²) in [7, 11) is -1.40. The first kappa shape index (κ1) is 18.4. The molecule has 0 radical (unpaired) electrons. The van der Waals surface area contributed by atoms with Crippen molar-refractivity contribution in [1.82, 2.24) is 15.1 Å². The van der Waals surface area contributed by atoms with Gasteiger partial charge in [-0.05, 0) is 38.0 Å². The molecule has 0 aliphatic carbocycles. The molecule has 0 unspecified atom stereocenters. The number of methoxy groups -OCH3 is 1. The van der Waals surface area contributed by atoms with Crippen molar-refractivity contribution < 1.29 is 17.9 Å². The van der Waals surface area contributed by atoms with Crippen LogP contribution in [0.1, 0.15) is 39.8 Å². The second kappa shape index (κ2) is 7.11. The van der Waals surface area contributed by atoms with Gasteiger partial charge < -0.3 is 10.1 Å². The number of hydrogen-bond donors (Lipinski definition) is 1. The number of benzene rings is 1. The van der Waals surface area contributed by atoms with E-state index in [-0.39, 0.29) is 23.5 Å². The van der Waals surface area contributed by atoms with Gasteiger partial charge in [0.25, 0.3) is 5.91 Å². The highest BCUT2D eigenvalue weighted by Crippen LogP contribution is 2.26. The van der Waals surface area contributed by atoms with Gasteiger partial charge in [-0.25, -0.2) is 8.42 Å². The molecule has 1 atom stereocenters. The number of aromatic nitrogens is 2. The van der Waals surface area contributed by atoms with E-state index < -0.39 is 9.84 Å². The molecule has 1 N–H and O–H groups in total. The highest BCUT2D eigenvalue weighted by atomic mass is 32.2. The van der Waals surface area contributed by atoms with Crippen molar-refractivity contribution in [2.45, 2.75) is 32.9 Å². The lowest BCUT2D eigenvalue weighted by Gasteiger charge is -2.11. The Morgan fingerprint density at radius 3 is 2.58 bits per heavy atom. The molecule has 7 nitrogen and oxygen atoms in total. The Bertz CT molecular complexity index is 917. The van der Waals surface area contributed by atoms with Crippen LogP contribution in [0, 0.1) is 13.8 Å². The Kier molecular flexibility index (Phi) is 5.04. The van der Waals surface area contributed by atoms with Gasteiger partial charge >= 0.3 is 0 Å². The first-order valence-electron chi connectivity index (χ1n) is 8.48. The molecule has 0 spiro atoms. The average molecular weight is 377 g/mol. The molecular weight excluding hydrogens is 354 g/mol. The molecule has 2 aromatic rings. The van der Waals surface area contributed by atoms with Crippen LogP contribution in [0.15, 0.2) is 24.3 Å². The molecule has 0 bridgehead atoms. The van der Waals surface area contributed by atoms with Gasteiger partial charge in [0.2, 0.25) is 0 Å². The van der Waals surface area contributed by atoms with Crippen LogP contribution in [0.4, 0.5) is 0 Å². The highest BCUT2D eigenvalue weighted by Gasteiger charge is 2.32. The van der Waals surface area contributed by atoms with Crippen molar-refractivity contribution in [2.24, 2.45) is 0 Å². The van der Waals surface area contributed by atoms with Crippen LogP contribution >= 0.6 is 0 Å². The minimum absolute atomic E-state index is 0.0852. The van der Waals surface area contributed by atoms with E-state index in [4.69, 9.17) is 4.74 Å². The minimum Gasteiger partial charge on any atom is -0.497 e. The molecule has 1 amide bonds. The monoisotopic (exact) mass is 377 g/mol. The number of ether oxygens (including phenoxy) is 1. The molecule has 3 rings (SSSR count). The van der Waals surface area contributed by atoms with Crippen LogP contribution < -0.4 is 10.1 Å². The number of sulfone groups is 1. The number of rotatable bonds is 5. The Hall–Kier alpha value is -2.35. The SMILES string of the molecule is COc1ccc(CNC(=O)c2c(C)nn([C@H]3CCS(=O)(=O)C3)c2C)cc1. The van der Waals surface area contributed by atoms with E-state index in [0.29, 0.717) is 29.9 Å². The van der Waals surface area contributed by atoms with Gasteiger partial charge in [-0.3, -0.25) is 9.48 Å². The van der Waals surface area contributed by atoms with E-state index in [1.807, 2.05) is 31.2 Å². The van der Waals surface area contributed by atoms with Gasteiger partial charge in [-0.2, -0.15) is 5.10 Å². The van der Waals surface area contributed by atoms with Crippen molar-refractivity contribution in [3.63, 3.8) is 0 Å². The molecule has 1 fully saturated rings. The lowest BCUT2D eigenvalue weighted by molar-refractivity contribution is 0.0949. The van der Waals surface area contributed by atoms with Gasteiger partial charge in [0.1, 0.15) is 5.75 Å². The third kappa shape index (κ3) is 3.75. The summed E-state index contributed by atoms with van der Waals surface area (Å²) in [5.74, 6) is 0.819. The summed E-state index contributed by atoms with van der Waals surface area (Å²) in [5.41, 5.74) is 2.79. The normalized spacial score (nSPS) is 18.7. The van der Waals surface area contributed by atoms with Gasteiger partial charge in [0, 0.05) is 12.2 Å². The molecule has 2 heterocycles. The second-order valence-corrected chi connectivity index (χ2v) is 8.81. The van der Waals surface area contributed by atoms with Crippen LogP contribution in [0.5, 0.6) is 5.75 Å². The van der Waals surface area contributed by atoms with Crippen LogP contribution in [0.3, 0.4) is 0 Å². The van der Waals surface area contributed by atoms with Gasteiger partial charge in [0.05, 0.1) is 35.9 Å². The zero-order valence-electron chi connectivity index (χ0n) is 15.2. The van der Waals surface area contributed by atoms with E-state index in [1.54, 1.807) is 18.7 Å². The lowest BCUT2D eigenvalue weighted by atomic mass is 10.1. The molecule has 0 saturated carbocycles. The fourth-order valence-corrected chi connectivity index (χ4v) is 5.02. The summed E-state index contributed by atoms with van der Waals surface area (Å²) in [6.45, 7) is 3.98. The third-order valence-electron chi connectivity index (χ3n) is 4.72. The Balaban J connectivity index is 1.73. The number of nitrogens with zero attached hydrogens (tertiary/aromatic N) is 2. The molecule has 1 saturated heterocycles. The summed E-state index contributed by atoms with van der Waals surface area (Å²) in [4.78, 5) is 12.6. The maximum absolute atomic E-state index is 12.6. The largest absolute Gasteiger partial charge is 0.497 e. The van der Waals surface area contributed by atoms with Crippen molar-refractivity contribution in [1.29, 1.82) is 0 Å². The maximum atomic E-state index is 12.6. The fraction of sp³-hybridized carbons (Fsp3) is 0.444. The van der Waals surface area contributed by atoms with E-state index in [2.05, 4.69) is 10.4 Å². The summed E-state index contributed by atoms with van der Waals surface area (Å²) in [5, 5.41) is 7.33. The molecule has 140 valence electrons. The number of amides is 1. The van der Waals surface area contributed by atoms with Crippen molar-refractivity contribution in [3.05, 3.63) is 46.8 Å². The molecule has 26 heavy (non-hydrogen) atoms. The third-order valence-corrected chi connectivity index (χ3v) is 6.47. The zero-order chi connectivity index (χ0) is 18.9. The lowest BCUT2D eigenvalue weighted by Crippen LogP contribution is -2.24. The van der Waals surface area contributed by atoms with E-state index >= 15 is 0 Å². The quantitative estimate of drug-likeness (QED) is 0.858. The predicted molar refractivity (Wildman–Crippen MR) is 98.2 cm³/mol. The number of carbonyl (C=O) groups excluding carboxylic acids is 1. The van der Waals surface area contributed by atoms with Crippen LogP contribution in [0.25, 0.3) is 0 Å². The van der Waals surface area contributed by atoms with Crippen molar-refractivity contribution in [3.8, 4) is 5.75 Å². The predicted octanol–water partition coefficient (Wildman–Crippen LogP) is 1.80. The fourth-order valence-electron chi connectivity index (χ4n) is 3.33. The van der Waals surface area contributed by atoms with E-state index in [1.165, 1.54) is 0 Å². The van der Waals surface area contributed by atoms with Crippen LogP contribution in [-0.4, -0.2) is 42.7 Å². The second-order valence-electron chi connectivity index (χ2n) is 6.58. The van der Waals surface area contributed by atoms with Gasteiger partial charge in [-0.15, -0.1) is 0 Å². The van der Waals surface area contributed by atoms with Gasteiger partial charge in [0.15, 0.2) is 9.84 Å². The Morgan fingerprint density at radius 2 is 2.00 bits per heavy atom. The maximum Gasteiger partial charge on any atom is 0.255 e. The molecule has 1 aliphatic heterocycles. The minimum atomic E-state index is -3.01. The Morgan fingerprint density at radius 1 is 1.31 bits per heavy atom. The zero-order valence-corrected chi connectivity index (χ0v) is 16.0. The number of aryl methyl sites for hydroxylation is 1. The highest BCUT2D eigenvalue weighted by molar-refractivity contribution is 7.91. The van der Waals surface area contributed by atoms with E-state index in [0.717, 1.165) is 11.3 Å². The number of nitrogens with one attached hydrogen (secondary N) is 1. The summed E-state index contributed by atoms with van der Waals surface area (Å²) in [6.07, 6.45) is 0.539. The summed E-state index contributed by atoms with van der Waals surface area (Å²) < 4.78 is 30.3. The topological polar surface area (TPSA) is 90.3 Å². The summed E-state index contributed by atoms with van der Waals surface area (Å²) in [6, 6.07) is 7.28. The first-order chi connectivity index (χ1) is 12.3. The number of hydrogen-bond acceptors (Lipinski definition) is 5. The molecule has 1 aliphatic rings. The van der Waals surface area contributed by atoms with Crippen LogP contribution in [-0.2, 0) is 16.4 Å². The van der Waals surface area contributed by atoms with E-state index in [9.17, 15) is 13.2 Å². The van der Waals surface area contributed by atoms with Crippen LogP contribution in [0.2, 0.25) is 0 Å². The molecule has 1 aromatic carbocycles. The average Bonchev–Trinajstić information content (AvgIpc) is 3.11. The van der Waals surface area contributed by atoms with Crippen molar-refractivity contribution >= 4 is 15.7 Å². The molecule has 1 aromatic heterocycles. The smallest absolute Gasteiger partial charge is 0.255 e. The number of carbonyl (C=O) groups is 1. The molecule has 8 heteroatoms.